The Bertz CT molecular complexity index is 838. The quantitative estimate of drug-likeness (QED) is 0.660. The lowest BCUT2D eigenvalue weighted by Gasteiger charge is -2.36. The van der Waals surface area contributed by atoms with Crippen molar-refractivity contribution in [2.45, 2.75) is 22.8 Å². The van der Waals surface area contributed by atoms with Crippen LogP contribution in [0.15, 0.2) is 55.1 Å². The summed E-state index contributed by atoms with van der Waals surface area (Å²) >= 11 is 6.78. The molecule has 0 bridgehead atoms. The van der Waals surface area contributed by atoms with Crippen LogP contribution in [0.1, 0.15) is 6.92 Å². The van der Waals surface area contributed by atoms with Gasteiger partial charge in [-0.1, -0.05) is 31.9 Å². The van der Waals surface area contributed by atoms with Crippen LogP contribution < -0.4 is 4.90 Å². The predicted octanol–water partition coefficient (Wildman–Crippen LogP) is 4.45. The van der Waals surface area contributed by atoms with Gasteiger partial charge in [-0.15, -0.1) is 0 Å². The van der Waals surface area contributed by atoms with Gasteiger partial charge < -0.3 is 9.80 Å². The Labute approximate surface area is 159 Å². The van der Waals surface area contributed by atoms with Crippen molar-refractivity contribution in [2.75, 3.05) is 25.5 Å². The van der Waals surface area contributed by atoms with E-state index < -0.39 is 9.84 Å². The molecule has 0 radical (unpaired) electrons. The van der Waals surface area contributed by atoms with Crippen molar-refractivity contribution in [3.63, 3.8) is 0 Å². The highest BCUT2D eigenvalue weighted by atomic mass is 79.9. The average molecular weight is 474 g/mol. The lowest BCUT2D eigenvalue weighted by atomic mass is 10.2. The van der Waals surface area contributed by atoms with Gasteiger partial charge in [0.05, 0.1) is 21.2 Å². The Kier molecular flexibility index (Phi) is 4.81. The number of fused-ring (bicyclic) bond motifs is 2. The lowest BCUT2D eigenvalue weighted by molar-refractivity contribution is 0.319. The van der Waals surface area contributed by atoms with E-state index in [0.29, 0.717) is 16.3 Å². The molecule has 4 nitrogen and oxygen atoms in total. The summed E-state index contributed by atoms with van der Waals surface area (Å²) in [4.78, 5) is 4.90. The first-order chi connectivity index (χ1) is 11.2. The molecule has 0 aromatic heterocycles. The summed E-state index contributed by atoms with van der Waals surface area (Å²) < 4.78 is 27.7. The molecule has 0 amide bonds. The molecule has 128 valence electrons. The number of sulfone groups is 1. The molecule has 1 aliphatic heterocycles. The normalized spacial score (nSPS) is 16.7. The maximum atomic E-state index is 13.1. The van der Waals surface area contributed by atoms with E-state index in [4.69, 9.17) is 0 Å². The third kappa shape index (κ3) is 3.03. The van der Waals surface area contributed by atoms with Gasteiger partial charge in [-0.05, 0) is 57.4 Å². The van der Waals surface area contributed by atoms with Crippen molar-refractivity contribution < 1.29 is 8.42 Å². The van der Waals surface area contributed by atoms with E-state index in [2.05, 4.69) is 48.6 Å². The van der Waals surface area contributed by atoms with Crippen LogP contribution in [0.3, 0.4) is 0 Å². The summed E-state index contributed by atoms with van der Waals surface area (Å²) in [5.41, 5.74) is 1.45. The van der Waals surface area contributed by atoms with Crippen molar-refractivity contribution >= 4 is 53.1 Å². The Morgan fingerprint density at radius 1 is 1.00 bits per heavy atom. The SMILES string of the molecule is CC(CN1c2ccc(Br)cc2S(=O)(=O)c2cc(Br)ccc21)N(C)C. The largest absolute Gasteiger partial charge is 0.338 e. The number of hydrogen-bond donors (Lipinski definition) is 0. The lowest BCUT2D eigenvalue weighted by Crippen LogP contribution is -2.38. The highest BCUT2D eigenvalue weighted by Gasteiger charge is 2.35. The van der Waals surface area contributed by atoms with Crippen LogP contribution >= 0.6 is 31.9 Å². The number of likely N-dealkylation sites (N-methyl/N-ethyl adjacent to an activating group) is 1. The molecule has 2 aromatic rings. The van der Waals surface area contributed by atoms with Gasteiger partial charge in [-0.3, -0.25) is 0 Å². The minimum atomic E-state index is -3.55. The Morgan fingerprint density at radius 3 is 1.88 bits per heavy atom. The predicted molar refractivity (Wildman–Crippen MR) is 104 cm³/mol. The first kappa shape index (κ1) is 17.9. The fourth-order valence-electron chi connectivity index (χ4n) is 2.72. The van der Waals surface area contributed by atoms with Gasteiger partial charge in [0.25, 0.3) is 0 Å². The second kappa shape index (κ2) is 6.44. The molecule has 1 unspecified atom stereocenters. The Hall–Kier alpha value is -0.890. The standard InChI is InChI=1S/C17H18Br2N2O2S/c1-11(20(2)3)10-21-14-6-4-12(18)8-16(14)24(22,23)17-9-13(19)5-7-15(17)21/h4-9,11H,10H2,1-3H3. The van der Waals surface area contributed by atoms with Crippen LogP contribution in [0.25, 0.3) is 0 Å². The molecular formula is C17H18Br2N2O2S. The first-order valence-electron chi connectivity index (χ1n) is 7.50. The van der Waals surface area contributed by atoms with E-state index in [1.165, 1.54) is 0 Å². The van der Waals surface area contributed by atoms with Crippen LogP contribution in [-0.4, -0.2) is 40.0 Å². The van der Waals surface area contributed by atoms with Gasteiger partial charge in [0, 0.05) is 21.5 Å². The molecule has 0 N–H and O–H groups in total. The van der Waals surface area contributed by atoms with E-state index in [0.717, 1.165) is 20.3 Å². The second-order valence-electron chi connectivity index (χ2n) is 6.15. The molecule has 2 aromatic carbocycles. The minimum Gasteiger partial charge on any atom is -0.338 e. The number of anilines is 2. The van der Waals surface area contributed by atoms with Crippen LogP contribution in [0.4, 0.5) is 11.4 Å². The minimum absolute atomic E-state index is 0.263. The maximum absolute atomic E-state index is 13.1. The molecule has 24 heavy (non-hydrogen) atoms. The fourth-order valence-corrected chi connectivity index (χ4v) is 5.46. The average Bonchev–Trinajstić information content (AvgIpc) is 2.51. The molecule has 0 saturated heterocycles. The highest BCUT2D eigenvalue weighted by Crippen LogP contribution is 2.45. The molecule has 1 heterocycles. The summed E-state index contributed by atoms with van der Waals surface area (Å²) in [6.45, 7) is 2.83. The van der Waals surface area contributed by atoms with Gasteiger partial charge in [-0.25, -0.2) is 8.42 Å². The molecule has 0 saturated carbocycles. The van der Waals surface area contributed by atoms with E-state index in [-0.39, 0.29) is 6.04 Å². The van der Waals surface area contributed by atoms with E-state index in [1.54, 1.807) is 12.1 Å². The zero-order chi connectivity index (χ0) is 17.6. The van der Waals surface area contributed by atoms with E-state index >= 15 is 0 Å². The number of halogens is 2. The zero-order valence-corrected chi connectivity index (χ0v) is 17.6. The van der Waals surface area contributed by atoms with Crippen LogP contribution in [0.2, 0.25) is 0 Å². The molecule has 3 rings (SSSR count). The summed E-state index contributed by atoms with van der Waals surface area (Å²) in [6.07, 6.45) is 0. The summed E-state index contributed by atoms with van der Waals surface area (Å²) in [5, 5.41) is 0. The van der Waals surface area contributed by atoms with Gasteiger partial charge in [0.15, 0.2) is 0 Å². The van der Waals surface area contributed by atoms with Crippen molar-refractivity contribution in [3.05, 3.63) is 45.3 Å². The topological polar surface area (TPSA) is 40.6 Å². The van der Waals surface area contributed by atoms with Crippen molar-refractivity contribution in [3.8, 4) is 0 Å². The zero-order valence-electron chi connectivity index (χ0n) is 13.6. The number of hydrogen-bond acceptors (Lipinski definition) is 4. The smallest absolute Gasteiger partial charge is 0.210 e. The third-order valence-electron chi connectivity index (χ3n) is 4.33. The third-order valence-corrected chi connectivity index (χ3v) is 7.13. The maximum Gasteiger partial charge on any atom is 0.210 e. The van der Waals surface area contributed by atoms with E-state index in [1.807, 2.05) is 38.4 Å². The number of rotatable bonds is 3. The molecule has 0 spiro atoms. The molecule has 0 fully saturated rings. The summed E-state index contributed by atoms with van der Waals surface area (Å²) in [6, 6.07) is 11.1. The highest BCUT2D eigenvalue weighted by molar-refractivity contribution is 9.10. The Morgan fingerprint density at radius 2 is 1.46 bits per heavy atom. The molecule has 1 aliphatic rings. The number of nitrogens with zero attached hydrogens (tertiary/aromatic N) is 2. The molecule has 0 aliphatic carbocycles. The van der Waals surface area contributed by atoms with Crippen LogP contribution in [0, 0.1) is 0 Å². The van der Waals surface area contributed by atoms with Gasteiger partial charge >= 0.3 is 0 Å². The Balaban J connectivity index is 2.25. The monoisotopic (exact) mass is 472 g/mol. The molecular weight excluding hydrogens is 456 g/mol. The fraction of sp³-hybridized carbons (Fsp3) is 0.294. The van der Waals surface area contributed by atoms with Crippen molar-refractivity contribution in [1.29, 1.82) is 0 Å². The van der Waals surface area contributed by atoms with Crippen LogP contribution in [-0.2, 0) is 9.84 Å². The number of benzene rings is 2. The van der Waals surface area contributed by atoms with Crippen molar-refractivity contribution in [1.82, 2.24) is 4.90 Å². The molecule has 7 heteroatoms. The second-order valence-corrected chi connectivity index (χ2v) is 9.87. The first-order valence-corrected chi connectivity index (χ1v) is 10.6. The summed E-state index contributed by atoms with van der Waals surface area (Å²) in [5.74, 6) is 0. The molecule has 1 atom stereocenters. The van der Waals surface area contributed by atoms with E-state index in [9.17, 15) is 8.42 Å². The van der Waals surface area contributed by atoms with Gasteiger partial charge in [0.1, 0.15) is 0 Å². The van der Waals surface area contributed by atoms with Crippen molar-refractivity contribution in [2.24, 2.45) is 0 Å². The van der Waals surface area contributed by atoms with Gasteiger partial charge in [-0.2, -0.15) is 0 Å². The van der Waals surface area contributed by atoms with Gasteiger partial charge in [0.2, 0.25) is 9.84 Å². The van der Waals surface area contributed by atoms with Crippen LogP contribution in [0.5, 0.6) is 0 Å². The summed E-state index contributed by atoms with van der Waals surface area (Å²) in [7, 11) is 0.498.